The van der Waals surface area contributed by atoms with Crippen molar-refractivity contribution in [1.82, 2.24) is 0 Å². The second-order valence-electron chi connectivity index (χ2n) is 5.54. The number of carboxylic acid groups (broad SMARTS) is 1. The first-order valence-corrected chi connectivity index (χ1v) is 7.24. The molecule has 122 valence electrons. The minimum Gasteiger partial charge on any atom is -0.496 e. The highest BCUT2D eigenvalue weighted by Gasteiger charge is 2.44. The predicted octanol–water partition coefficient (Wildman–Crippen LogP) is 3.93. The van der Waals surface area contributed by atoms with Crippen molar-refractivity contribution < 1.29 is 28.2 Å². The highest BCUT2D eigenvalue weighted by Crippen LogP contribution is 2.46. The Bertz CT molecular complexity index is 551. The summed E-state index contributed by atoms with van der Waals surface area (Å²) in [6.07, 6.45) is 0.571. The Hall–Kier alpha value is -1.85. The Balaban J connectivity index is 2.65. The molecule has 1 N–H and O–H groups in total. The Morgan fingerprint density at radius 2 is 1.73 bits per heavy atom. The van der Waals surface area contributed by atoms with Gasteiger partial charge in [0.15, 0.2) is 0 Å². The molecule has 6 heteroatoms. The highest BCUT2D eigenvalue weighted by molar-refractivity contribution is 5.83. The largest absolute Gasteiger partial charge is 0.496 e. The van der Waals surface area contributed by atoms with E-state index in [1.165, 1.54) is 26.4 Å². The van der Waals surface area contributed by atoms with E-state index in [1.807, 2.05) is 0 Å². The van der Waals surface area contributed by atoms with Crippen LogP contribution in [-0.4, -0.2) is 25.3 Å². The fourth-order valence-electron chi connectivity index (χ4n) is 3.22. The number of carbonyl (C=O) groups is 1. The van der Waals surface area contributed by atoms with E-state index in [9.17, 15) is 18.7 Å². The lowest BCUT2D eigenvalue weighted by molar-refractivity contribution is -0.145. The van der Waals surface area contributed by atoms with Crippen molar-refractivity contribution in [3.05, 3.63) is 23.3 Å². The molecule has 1 aromatic rings. The molecule has 0 radical (unpaired) electrons. The van der Waals surface area contributed by atoms with Crippen LogP contribution in [0, 0.1) is 0 Å². The molecule has 1 saturated carbocycles. The van der Waals surface area contributed by atoms with Gasteiger partial charge in [0.2, 0.25) is 0 Å². The number of rotatable bonds is 5. The Labute approximate surface area is 128 Å². The van der Waals surface area contributed by atoms with Crippen LogP contribution in [0.2, 0.25) is 0 Å². The number of halogens is 2. The molecular weight excluding hydrogens is 294 g/mol. The molecular formula is C16H20F2O4. The average Bonchev–Trinajstić information content (AvgIpc) is 2.53. The van der Waals surface area contributed by atoms with Crippen LogP contribution in [0.25, 0.3) is 0 Å². The standard InChI is InChI=1S/C16H20F2O4/c1-21-12-9-13(22-2)11(8-10(12)14(17)18)16(15(19)20)6-4-3-5-7-16/h8-9,14H,3-7H2,1-2H3,(H,19,20). The molecule has 0 amide bonds. The molecule has 0 spiro atoms. The third-order valence-corrected chi connectivity index (χ3v) is 4.42. The SMILES string of the molecule is COc1cc(OC)c(C2(C(=O)O)CCCCC2)cc1C(F)F. The first-order chi connectivity index (χ1) is 10.5. The fraction of sp³-hybridized carbons (Fsp3) is 0.562. The van der Waals surface area contributed by atoms with Gasteiger partial charge in [-0.1, -0.05) is 19.3 Å². The van der Waals surface area contributed by atoms with Crippen molar-refractivity contribution >= 4 is 5.97 Å². The summed E-state index contributed by atoms with van der Waals surface area (Å²) in [5, 5.41) is 9.74. The third kappa shape index (κ3) is 2.74. The average molecular weight is 314 g/mol. The Morgan fingerprint density at radius 3 is 2.18 bits per heavy atom. The van der Waals surface area contributed by atoms with Crippen molar-refractivity contribution in [3.8, 4) is 11.5 Å². The van der Waals surface area contributed by atoms with E-state index in [0.29, 0.717) is 18.4 Å². The van der Waals surface area contributed by atoms with E-state index < -0.39 is 17.8 Å². The maximum absolute atomic E-state index is 13.3. The summed E-state index contributed by atoms with van der Waals surface area (Å²) in [7, 11) is 2.70. The summed E-state index contributed by atoms with van der Waals surface area (Å²) in [4.78, 5) is 11.9. The van der Waals surface area contributed by atoms with Crippen LogP contribution in [0.5, 0.6) is 11.5 Å². The van der Waals surface area contributed by atoms with Gasteiger partial charge in [0.25, 0.3) is 6.43 Å². The molecule has 4 nitrogen and oxygen atoms in total. The minimum absolute atomic E-state index is 0.00643. The molecule has 0 bridgehead atoms. The van der Waals surface area contributed by atoms with Gasteiger partial charge >= 0.3 is 5.97 Å². The van der Waals surface area contributed by atoms with E-state index >= 15 is 0 Å². The van der Waals surface area contributed by atoms with E-state index in [4.69, 9.17) is 9.47 Å². The maximum atomic E-state index is 13.3. The fourth-order valence-corrected chi connectivity index (χ4v) is 3.22. The molecule has 0 aromatic heterocycles. The molecule has 0 aliphatic heterocycles. The molecule has 0 saturated heterocycles. The molecule has 1 aromatic carbocycles. The number of alkyl halides is 2. The van der Waals surface area contributed by atoms with Gasteiger partial charge < -0.3 is 14.6 Å². The molecule has 1 aliphatic rings. The molecule has 1 aliphatic carbocycles. The third-order valence-electron chi connectivity index (χ3n) is 4.42. The summed E-state index contributed by atoms with van der Waals surface area (Å²) >= 11 is 0. The second kappa shape index (κ2) is 6.50. The maximum Gasteiger partial charge on any atom is 0.314 e. The van der Waals surface area contributed by atoms with Crippen LogP contribution < -0.4 is 9.47 Å². The normalized spacial score (nSPS) is 17.3. The zero-order valence-electron chi connectivity index (χ0n) is 12.7. The number of hydrogen-bond donors (Lipinski definition) is 1. The van der Waals surface area contributed by atoms with Gasteiger partial charge in [0, 0.05) is 11.6 Å². The van der Waals surface area contributed by atoms with Crippen LogP contribution in [0.1, 0.15) is 49.7 Å². The van der Waals surface area contributed by atoms with Gasteiger partial charge in [0.05, 0.1) is 25.2 Å². The van der Waals surface area contributed by atoms with Crippen LogP contribution in [-0.2, 0) is 10.2 Å². The molecule has 22 heavy (non-hydrogen) atoms. The van der Waals surface area contributed by atoms with Crippen molar-refractivity contribution in [2.45, 2.75) is 43.9 Å². The van der Waals surface area contributed by atoms with Crippen molar-refractivity contribution in [2.75, 3.05) is 14.2 Å². The van der Waals surface area contributed by atoms with Crippen LogP contribution >= 0.6 is 0 Å². The van der Waals surface area contributed by atoms with Gasteiger partial charge in [-0.05, 0) is 18.9 Å². The Kier molecular flexibility index (Phi) is 4.88. The summed E-state index contributed by atoms with van der Waals surface area (Å²) in [5.41, 5.74) is -1.15. The van der Waals surface area contributed by atoms with E-state index in [1.54, 1.807) is 0 Å². The quantitative estimate of drug-likeness (QED) is 0.894. The molecule has 0 atom stereocenters. The zero-order chi connectivity index (χ0) is 16.3. The first kappa shape index (κ1) is 16.5. The van der Waals surface area contributed by atoms with E-state index in [-0.39, 0.29) is 17.1 Å². The van der Waals surface area contributed by atoms with Crippen LogP contribution in [0.4, 0.5) is 8.78 Å². The molecule has 0 heterocycles. The molecule has 2 rings (SSSR count). The molecule has 0 unspecified atom stereocenters. The number of ether oxygens (including phenoxy) is 2. The lowest BCUT2D eigenvalue weighted by Crippen LogP contribution is -2.38. The smallest absolute Gasteiger partial charge is 0.314 e. The van der Waals surface area contributed by atoms with Gasteiger partial charge in [0.1, 0.15) is 11.5 Å². The van der Waals surface area contributed by atoms with Crippen molar-refractivity contribution in [3.63, 3.8) is 0 Å². The monoisotopic (exact) mass is 314 g/mol. The van der Waals surface area contributed by atoms with Gasteiger partial charge in [-0.15, -0.1) is 0 Å². The minimum atomic E-state index is -2.74. The second-order valence-corrected chi connectivity index (χ2v) is 5.54. The summed E-state index contributed by atoms with van der Waals surface area (Å²) in [5.74, 6) is -0.701. The first-order valence-electron chi connectivity index (χ1n) is 7.24. The number of benzene rings is 1. The highest BCUT2D eigenvalue weighted by atomic mass is 19.3. The topological polar surface area (TPSA) is 55.8 Å². The van der Waals surface area contributed by atoms with Crippen LogP contribution in [0.15, 0.2) is 12.1 Å². The van der Waals surface area contributed by atoms with Gasteiger partial charge in [-0.25, -0.2) is 8.78 Å². The van der Waals surface area contributed by atoms with Gasteiger partial charge in [-0.2, -0.15) is 0 Å². The summed E-state index contributed by atoms with van der Waals surface area (Å²) in [6, 6.07) is 2.60. The number of carboxylic acids is 1. The van der Waals surface area contributed by atoms with Crippen LogP contribution in [0.3, 0.4) is 0 Å². The molecule has 1 fully saturated rings. The van der Waals surface area contributed by atoms with Crippen molar-refractivity contribution in [1.29, 1.82) is 0 Å². The number of methoxy groups -OCH3 is 2. The van der Waals surface area contributed by atoms with E-state index in [2.05, 4.69) is 0 Å². The zero-order valence-corrected chi connectivity index (χ0v) is 12.7. The van der Waals surface area contributed by atoms with E-state index in [0.717, 1.165) is 19.3 Å². The lowest BCUT2D eigenvalue weighted by Gasteiger charge is -2.35. The van der Waals surface area contributed by atoms with Gasteiger partial charge in [-0.3, -0.25) is 4.79 Å². The predicted molar refractivity (Wildman–Crippen MR) is 76.9 cm³/mol. The number of aliphatic carboxylic acids is 1. The summed E-state index contributed by atoms with van der Waals surface area (Å²) < 4.78 is 36.8. The lowest BCUT2D eigenvalue weighted by atomic mass is 9.69. The Morgan fingerprint density at radius 1 is 1.14 bits per heavy atom. The van der Waals surface area contributed by atoms with Crippen molar-refractivity contribution in [2.24, 2.45) is 0 Å². The summed E-state index contributed by atoms with van der Waals surface area (Å²) in [6.45, 7) is 0. The number of hydrogen-bond acceptors (Lipinski definition) is 3.